The normalized spacial score (nSPS) is 27.8. The molecule has 0 spiro atoms. The van der Waals surface area contributed by atoms with Crippen molar-refractivity contribution in [3.63, 3.8) is 0 Å². The summed E-state index contributed by atoms with van der Waals surface area (Å²) < 4.78 is 0. The molecule has 98 valence electrons. The smallest absolute Gasteiger partial charge is 0.254 e. The van der Waals surface area contributed by atoms with Gasteiger partial charge >= 0.3 is 0 Å². The maximum atomic E-state index is 12.1. The molecule has 3 N–H and O–H groups in total. The van der Waals surface area contributed by atoms with Crippen LogP contribution in [0.25, 0.3) is 0 Å². The highest BCUT2D eigenvalue weighted by Crippen LogP contribution is 2.31. The quantitative estimate of drug-likeness (QED) is 0.839. The Morgan fingerprint density at radius 2 is 2.06 bits per heavy atom. The molecule has 0 aromatic carbocycles. The Labute approximate surface area is 107 Å². The predicted molar refractivity (Wildman–Crippen MR) is 68.9 cm³/mol. The van der Waals surface area contributed by atoms with Crippen molar-refractivity contribution in [1.82, 2.24) is 15.3 Å². The number of nitrogens with one attached hydrogen (secondary N) is 1. The number of nitrogens with two attached hydrogens (primary N) is 1. The van der Waals surface area contributed by atoms with Crippen molar-refractivity contribution in [2.45, 2.75) is 38.1 Å². The van der Waals surface area contributed by atoms with Crippen LogP contribution < -0.4 is 11.1 Å². The number of nitrogens with zero attached hydrogens (tertiary/aromatic N) is 2. The first-order valence-electron chi connectivity index (χ1n) is 6.43. The third kappa shape index (κ3) is 2.85. The van der Waals surface area contributed by atoms with E-state index in [1.165, 1.54) is 18.7 Å². The molecule has 0 saturated heterocycles. The molecule has 1 aliphatic rings. The predicted octanol–water partition coefficient (Wildman–Crippen LogP) is 1.11. The van der Waals surface area contributed by atoms with E-state index in [2.05, 4.69) is 22.2 Å². The Morgan fingerprint density at radius 1 is 1.44 bits per heavy atom. The summed E-state index contributed by atoms with van der Waals surface area (Å²) >= 11 is 0. The Bertz CT molecular complexity index is 399. The average molecular weight is 248 g/mol. The SMILES string of the molecule is CC1CCC(CN)(NC(=O)c2cncnc2)CC1. The lowest BCUT2D eigenvalue weighted by molar-refractivity contribution is 0.0859. The topological polar surface area (TPSA) is 80.9 Å². The first-order chi connectivity index (χ1) is 8.65. The van der Waals surface area contributed by atoms with Crippen LogP contribution in [0.1, 0.15) is 43.0 Å². The minimum atomic E-state index is -0.251. The van der Waals surface area contributed by atoms with Gasteiger partial charge in [0.25, 0.3) is 5.91 Å². The van der Waals surface area contributed by atoms with E-state index in [0.717, 1.165) is 31.6 Å². The van der Waals surface area contributed by atoms with E-state index in [0.29, 0.717) is 12.1 Å². The number of hydrogen-bond donors (Lipinski definition) is 2. The van der Waals surface area contributed by atoms with Gasteiger partial charge in [0.15, 0.2) is 0 Å². The zero-order chi connectivity index (χ0) is 13.0. The van der Waals surface area contributed by atoms with Gasteiger partial charge in [0, 0.05) is 18.9 Å². The highest BCUT2D eigenvalue weighted by molar-refractivity contribution is 5.94. The monoisotopic (exact) mass is 248 g/mol. The van der Waals surface area contributed by atoms with Crippen molar-refractivity contribution in [3.05, 3.63) is 24.3 Å². The Kier molecular flexibility index (Phi) is 3.91. The number of amides is 1. The second kappa shape index (κ2) is 5.44. The Morgan fingerprint density at radius 3 is 2.61 bits per heavy atom. The number of rotatable bonds is 3. The van der Waals surface area contributed by atoms with Crippen molar-refractivity contribution in [2.75, 3.05) is 6.54 Å². The first kappa shape index (κ1) is 13.0. The molecule has 0 radical (unpaired) electrons. The molecule has 1 aromatic heterocycles. The van der Waals surface area contributed by atoms with Crippen molar-refractivity contribution in [1.29, 1.82) is 0 Å². The Hall–Kier alpha value is -1.49. The largest absolute Gasteiger partial charge is 0.345 e. The molecule has 1 heterocycles. The second-order valence-electron chi connectivity index (χ2n) is 5.25. The molecule has 0 aliphatic heterocycles. The van der Waals surface area contributed by atoms with Gasteiger partial charge in [-0.1, -0.05) is 6.92 Å². The summed E-state index contributed by atoms with van der Waals surface area (Å²) in [5.41, 5.74) is 6.10. The minimum absolute atomic E-state index is 0.129. The van der Waals surface area contributed by atoms with E-state index in [9.17, 15) is 4.79 Å². The number of aromatic nitrogens is 2. The lowest BCUT2D eigenvalue weighted by Gasteiger charge is -2.39. The van der Waals surface area contributed by atoms with Gasteiger partial charge in [-0.05, 0) is 31.6 Å². The van der Waals surface area contributed by atoms with Crippen LogP contribution >= 0.6 is 0 Å². The van der Waals surface area contributed by atoms with Gasteiger partial charge in [0.1, 0.15) is 6.33 Å². The minimum Gasteiger partial charge on any atom is -0.345 e. The molecule has 1 aliphatic carbocycles. The highest BCUT2D eigenvalue weighted by atomic mass is 16.1. The Balaban J connectivity index is 2.05. The average Bonchev–Trinajstić information content (AvgIpc) is 2.43. The van der Waals surface area contributed by atoms with E-state index in [-0.39, 0.29) is 11.4 Å². The third-order valence-electron chi connectivity index (χ3n) is 3.82. The third-order valence-corrected chi connectivity index (χ3v) is 3.82. The summed E-state index contributed by atoms with van der Waals surface area (Å²) in [4.78, 5) is 19.8. The molecule has 1 aromatic rings. The summed E-state index contributed by atoms with van der Waals surface area (Å²) in [6, 6.07) is 0. The van der Waals surface area contributed by atoms with Crippen LogP contribution in [0.5, 0.6) is 0 Å². The van der Waals surface area contributed by atoms with Crippen LogP contribution in [0.4, 0.5) is 0 Å². The van der Waals surface area contributed by atoms with Crippen molar-refractivity contribution < 1.29 is 4.79 Å². The van der Waals surface area contributed by atoms with Gasteiger partial charge in [-0.3, -0.25) is 4.79 Å². The molecule has 18 heavy (non-hydrogen) atoms. The van der Waals surface area contributed by atoms with E-state index >= 15 is 0 Å². The van der Waals surface area contributed by atoms with Gasteiger partial charge in [0.05, 0.1) is 11.1 Å². The molecule has 1 amide bonds. The molecule has 1 saturated carbocycles. The zero-order valence-electron chi connectivity index (χ0n) is 10.7. The van der Waals surface area contributed by atoms with E-state index in [4.69, 9.17) is 5.73 Å². The summed E-state index contributed by atoms with van der Waals surface area (Å²) in [5.74, 6) is 0.595. The van der Waals surface area contributed by atoms with Crippen LogP contribution in [0.2, 0.25) is 0 Å². The summed E-state index contributed by atoms with van der Waals surface area (Å²) in [5, 5.41) is 3.07. The van der Waals surface area contributed by atoms with Crippen molar-refractivity contribution in [2.24, 2.45) is 11.7 Å². The molecule has 5 heteroatoms. The molecule has 0 unspecified atom stereocenters. The standard InChI is InChI=1S/C13H20N4O/c1-10-2-4-13(8-14,5-3-10)17-12(18)11-6-15-9-16-7-11/h6-7,9-10H,2-5,8,14H2,1H3,(H,17,18). The molecule has 5 nitrogen and oxygen atoms in total. The van der Waals surface area contributed by atoms with Gasteiger partial charge < -0.3 is 11.1 Å². The fraction of sp³-hybridized carbons (Fsp3) is 0.615. The van der Waals surface area contributed by atoms with Gasteiger partial charge in [-0.25, -0.2) is 9.97 Å². The van der Waals surface area contributed by atoms with E-state index < -0.39 is 0 Å². The summed E-state index contributed by atoms with van der Waals surface area (Å²) in [6.07, 6.45) is 8.59. The maximum Gasteiger partial charge on any atom is 0.254 e. The lowest BCUT2D eigenvalue weighted by atomic mass is 9.77. The number of hydrogen-bond acceptors (Lipinski definition) is 4. The molecule has 0 bridgehead atoms. The molecule has 1 fully saturated rings. The zero-order valence-corrected chi connectivity index (χ0v) is 10.7. The molecular weight excluding hydrogens is 228 g/mol. The highest BCUT2D eigenvalue weighted by Gasteiger charge is 2.34. The van der Waals surface area contributed by atoms with Gasteiger partial charge in [0.2, 0.25) is 0 Å². The summed E-state index contributed by atoms with van der Waals surface area (Å²) in [6.45, 7) is 2.73. The fourth-order valence-corrected chi connectivity index (χ4v) is 2.42. The van der Waals surface area contributed by atoms with Gasteiger partial charge in [-0.2, -0.15) is 0 Å². The molecule has 2 rings (SSSR count). The van der Waals surface area contributed by atoms with E-state index in [1.54, 1.807) is 0 Å². The molecular formula is C13H20N4O. The van der Waals surface area contributed by atoms with Crippen molar-refractivity contribution >= 4 is 5.91 Å². The molecule has 0 atom stereocenters. The summed E-state index contributed by atoms with van der Waals surface area (Å²) in [7, 11) is 0. The first-order valence-corrected chi connectivity index (χ1v) is 6.43. The number of carbonyl (C=O) groups is 1. The second-order valence-corrected chi connectivity index (χ2v) is 5.25. The van der Waals surface area contributed by atoms with Crippen LogP contribution in [-0.2, 0) is 0 Å². The van der Waals surface area contributed by atoms with Crippen LogP contribution in [0.15, 0.2) is 18.7 Å². The fourth-order valence-electron chi connectivity index (χ4n) is 2.42. The number of carbonyl (C=O) groups excluding carboxylic acids is 1. The van der Waals surface area contributed by atoms with Crippen LogP contribution in [0, 0.1) is 5.92 Å². The van der Waals surface area contributed by atoms with Crippen LogP contribution in [0.3, 0.4) is 0 Å². The van der Waals surface area contributed by atoms with Crippen LogP contribution in [-0.4, -0.2) is 28.0 Å². The lowest BCUT2D eigenvalue weighted by Crippen LogP contribution is -2.55. The maximum absolute atomic E-state index is 12.1. The van der Waals surface area contributed by atoms with Gasteiger partial charge in [-0.15, -0.1) is 0 Å². The van der Waals surface area contributed by atoms with Crippen molar-refractivity contribution in [3.8, 4) is 0 Å². The van der Waals surface area contributed by atoms with E-state index in [1.807, 2.05) is 0 Å².